The Balaban J connectivity index is 2.08. The molecule has 0 radical (unpaired) electrons. The van der Waals surface area contributed by atoms with Crippen molar-refractivity contribution in [1.82, 2.24) is 9.47 Å². The van der Waals surface area contributed by atoms with Crippen LogP contribution in [0, 0.1) is 10.1 Å². The highest BCUT2D eigenvalue weighted by Gasteiger charge is 2.35. The molecule has 1 N–H and O–H groups in total. The van der Waals surface area contributed by atoms with Crippen LogP contribution in [0.4, 0.5) is 5.69 Å². The summed E-state index contributed by atoms with van der Waals surface area (Å²) >= 11 is 0. The largest absolute Gasteiger partial charge is 0.389 e. The van der Waals surface area contributed by atoms with E-state index in [4.69, 9.17) is 0 Å². The predicted octanol–water partition coefficient (Wildman–Crippen LogP) is 0.992. The summed E-state index contributed by atoms with van der Waals surface area (Å²) in [4.78, 5) is 24.1. The van der Waals surface area contributed by atoms with Crippen LogP contribution in [-0.2, 0) is 6.54 Å². The van der Waals surface area contributed by atoms with Gasteiger partial charge in [-0.2, -0.15) is 0 Å². The van der Waals surface area contributed by atoms with E-state index in [1.807, 2.05) is 0 Å². The summed E-state index contributed by atoms with van der Waals surface area (Å²) < 4.78 is 1.36. The molecule has 0 saturated carbocycles. The summed E-state index contributed by atoms with van der Waals surface area (Å²) in [5.74, 6) is 0. The molecule has 1 aliphatic rings. The molecule has 1 aliphatic heterocycles. The first-order valence-corrected chi connectivity index (χ1v) is 7.10. The molecular formula is C14H21N3O4. The molecule has 1 saturated heterocycles. The Morgan fingerprint density at radius 3 is 2.76 bits per heavy atom. The number of pyridine rings is 1. The van der Waals surface area contributed by atoms with E-state index in [-0.39, 0.29) is 17.3 Å². The number of nitro groups is 1. The number of rotatable bonds is 5. The van der Waals surface area contributed by atoms with Crippen molar-refractivity contribution in [3.63, 3.8) is 0 Å². The number of aliphatic hydroxyl groups is 1. The van der Waals surface area contributed by atoms with Crippen LogP contribution in [0.1, 0.15) is 26.7 Å². The third-order valence-electron chi connectivity index (χ3n) is 3.99. The van der Waals surface area contributed by atoms with Gasteiger partial charge < -0.3 is 9.67 Å². The Labute approximate surface area is 123 Å². The molecule has 1 aromatic heterocycles. The lowest BCUT2D eigenvalue weighted by molar-refractivity contribution is -0.385. The molecule has 0 aromatic carbocycles. The summed E-state index contributed by atoms with van der Waals surface area (Å²) in [6.07, 6.45) is 3.21. The minimum absolute atomic E-state index is 0.0619. The normalized spacial score (nSPS) is 19.9. The fourth-order valence-corrected chi connectivity index (χ4v) is 2.93. The molecular weight excluding hydrogens is 274 g/mol. The van der Waals surface area contributed by atoms with Crippen LogP contribution in [0.3, 0.4) is 0 Å². The Bertz CT molecular complexity index is 576. The second-order valence-electron chi connectivity index (χ2n) is 6.02. The highest BCUT2D eigenvalue weighted by Crippen LogP contribution is 2.26. The predicted molar refractivity (Wildman–Crippen MR) is 78.2 cm³/mol. The molecule has 0 aliphatic carbocycles. The van der Waals surface area contributed by atoms with Crippen molar-refractivity contribution in [3.8, 4) is 0 Å². The molecule has 116 valence electrons. The summed E-state index contributed by atoms with van der Waals surface area (Å²) in [6, 6.07) is 2.50. The molecule has 1 aromatic rings. The van der Waals surface area contributed by atoms with Crippen LogP contribution in [0.5, 0.6) is 0 Å². The van der Waals surface area contributed by atoms with Gasteiger partial charge in [-0.25, -0.2) is 0 Å². The van der Waals surface area contributed by atoms with Crippen molar-refractivity contribution in [1.29, 1.82) is 0 Å². The van der Waals surface area contributed by atoms with E-state index in [1.165, 1.54) is 22.9 Å². The van der Waals surface area contributed by atoms with Gasteiger partial charge >= 0.3 is 0 Å². The van der Waals surface area contributed by atoms with Crippen LogP contribution in [0.15, 0.2) is 23.1 Å². The van der Waals surface area contributed by atoms with E-state index < -0.39 is 10.5 Å². The molecule has 1 fully saturated rings. The Morgan fingerprint density at radius 2 is 2.14 bits per heavy atom. The summed E-state index contributed by atoms with van der Waals surface area (Å²) in [5, 5.41) is 20.9. The molecule has 7 nitrogen and oxygen atoms in total. The molecule has 1 atom stereocenters. The summed E-state index contributed by atoms with van der Waals surface area (Å²) in [6.45, 7) is 5.42. The van der Waals surface area contributed by atoms with E-state index in [9.17, 15) is 20.0 Å². The molecule has 0 spiro atoms. The Morgan fingerprint density at radius 1 is 1.43 bits per heavy atom. The zero-order valence-corrected chi connectivity index (χ0v) is 12.4. The van der Waals surface area contributed by atoms with Gasteiger partial charge in [-0.15, -0.1) is 0 Å². The standard InChI is InChI=1S/C14H21N3O4/c1-14(2,19)12-4-3-7-15(12)8-9-16-10-11(17(20)21)5-6-13(16)18/h5-6,10,12,19H,3-4,7-9H2,1-2H3. The van der Waals surface area contributed by atoms with Gasteiger partial charge in [0.05, 0.1) is 16.7 Å². The molecule has 21 heavy (non-hydrogen) atoms. The maximum Gasteiger partial charge on any atom is 0.285 e. The van der Waals surface area contributed by atoms with E-state index in [0.29, 0.717) is 13.1 Å². The minimum atomic E-state index is -0.788. The van der Waals surface area contributed by atoms with Gasteiger partial charge in [-0.1, -0.05) is 0 Å². The van der Waals surface area contributed by atoms with Crippen LogP contribution in [-0.4, -0.2) is 44.2 Å². The number of hydrogen-bond donors (Lipinski definition) is 1. The summed E-state index contributed by atoms with van der Waals surface area (Å²) in [7, 11) is 0. The van der Waals surface area contributed by atoms with Gasteiger partial charge in [-0.3, -0.25) is 19.8 Å². The zero-order chi connectivity index (χ0) is 15.6. The van der Waals surface area contributed by atoms with Gasteiger partial charge in [0, 0.05) is 31.3 Å². The van der Waals surface area contributed by atoms with Crippen molar-refractivity contribution in [2.45, 2.75) is 44.9 Å². The molecule has 7 heteroatoms. The number of aromatic nitrogens is 1. The molecule has 0 bridgehead atoms. The minimum Gasteiger partial charge on any atom is -0.389 e. The van der Waals surface area contributed by atoms with Crippen molar-refractivity contribution in [3.05, 3.63) is 38.8 Å². The zero-order valence-electron chi connectivity index (χ0n) is 12.4. The Hall–Kier alpha value is -1.73. The molecule has 2 rings (SSSR count). The van der Waals surface area contributed by atoms with Gasteiger partial charge in [0.1, 0.15) is 0 Å². The van der Waals surface area contributed by atoms with Crippen molar-refractivity contribution >= 4 is 5.69 Å². The third-order valence-corrected chi connectivity index (χ3v) is 3.99. The average molecular weight is 295 g/mol. The van der Waals surface area contributed by atoms with Crippen LogP contribution >= 0.6 is 0 Å². The van der Waals surface area contributed by atoms with Gasteiger partial charge in [0.15, 0.2) is 0 Å². The van der Waals surface area contributed by atoms with Crippen LogP contribution in [0.2, 0.25) is 0 Å². The monoisotopic (exact) mass is 295 g/mol. The average Bonchev–Trinajstić information content (AvgIpc) is 2.85. The maximum absolute atomic E-state index is 11.7. The fourth-order valence-electron chi connectivity index (χ4n) is 2.93. The topological polar surface area (TPSA) is 88.6 Å². The first-order valence-electron chi connectivity index (χ1n) is 7.10. The quantitative estimate of drug-likeness (QED) is 0.646. The van der Waals surface area contributed by atoms with E-state index in [1.54, 1.807) is 13.8 Å². The lowest BCUT2D eigenvalue weighted by Gasteiger charge is -2.33. The van der Waals surface area contributed by atoms with Gasteiger partial charge in [-0.05, 0) is 33.2 Å². The molecule has 1 unspecified atom stereocenters. The lowest BCUT2D eigenvalue weighted by Crippen LogP contribution is -2.46. The first-order chi connectivity index (χ1) is 9.79. The second-order valence-corrected chi connectivity index (χ2v) is 6.02. The smallest absolute Gasteiger partial charge is 0.285 e. The highest BCUT2D eigenvalue weighted by atomic mass is 16.6. The van der Waals surface area contributed by atoms with E-state index in [2.05, 4.69) is 4.90 Å². The maximum atomic E-state index is 11.7. The van der Waals surface area contributed by atoms with Crippen molar-refractivity contribution < 1.29 is 10.0 Å². The fraction of sp³-hybridized carbons (Fsp3) is 0.643. The lowest BCUT2D eigenvalue weighted by atomic mass is 9.97. The number of nitrogens with zero attached hydrogens (tertiary/aromatic N) is 3. The Kier molecular flexibility index (Phi) is 4.43. The number of hydrogen-bond acceptors (Lipinski definition) is 5. The third kappa shape index (κ3) is 3.68. The highest BCUT2D eigenvalue weighted by molar-refractivity contribution is 5.24. The van der Waals surface area contributed by atoms with Gasteiger partial charge in [0.25, 0.3) is 11.2 Å². The first kappa shape index (κ1) is 15.7. The van der Waals surface area contributed by atoms with Crippen molar-refractivity contribution in [2.75, 3.05) is 13.1 Å². The second kappa shape index (κ2) is 5.95. The van der Waals surface area contributed by atoms with Crippen molar-refractivity contribution in [2.24, 2.45) is 0 Å². The van der Waals surface area contributed by atoms with Crippen LogP contribution in [0.25, 0.3) is 0 Å². The summed E-state index contributed by atoms with van der Waals surface area (Å²) in [5.41, 5.74) is -1.13. The van der Waals surface area contributed by atoms with E-state index >= 15 is 0 Å². The number of likely N-dealkylation sites (tertiary alicyclic amines) is 1. The van der Waals surface area contributed by atoms with Gasteiger partial charge in [0.2, 0.25) is 0 Å². The van der Waals surface area contributed by atoms with E-state index in [0.717, 1.165) is 19.4 Å². The SMILES string of the molecule is CC(C)(O)C1CCCN1CCn1cc([N+](=O)[O-])ccc1=O. The molecule has 2 heterocycles. The molecule has 0 amide bonds. The van der Waals surface area contributed by atoms with Crippen LogP contribution < -0.4 is 5.56 Å².